The second-order valence-electron chi connectivity index (χ2n) is 5.84. The molecule has 0 bridgehead atoms. The minimum atomic E-state index is 0.349. The van der Waals surface area contributed by atoms with Crippen molar-refractivity contribution in [3.8, 4) is 0 Å². The third-order valence-corrected chi connectivity index (χ3v) is 4.12. The highest BCUT2D eigenvalue weighted by molar-refractivity contribution is 5.90. The summed E-state index contributed by atoms with van der Waals surface area (Å²) in [6.07, 6.45) is 2.25. The number of hydrogen-bond acceptors (Lipinski definition) is 0. The Labute approximate surface area is 127 Å². The Bertz CT molecular complexity index is 725. The lowest BCUT2D eigenvalue weighted by Gasteiger charge is -2.09. The van der Waals surface area contributed by atoms with Crippen LogP contribution in [0, 0.1) is 19.8 Å². The van der Waals surface area contributed by atoms with Crippen LogP contribution in [0.5, 0.6) is 0 Å². The first-order valence-electron chi connectivity index (χ1n) is 7.30. The number of aryl methyl sites for hydroxylation is 2. The Morgan fingerprint density at radius 3 is 1.76 bits per heavy atom. The van der Waals surface area contributed by atoms with Crippen molar-refractivity contribution in [3.63, 3.8) is 0 Å². The number of allylic oxidation sites excluding steroid dienone is 4. The molecular formula is C21H20. The first-order chi connectivity index (χ1) is 10.1. The van der Waals surface area contributed by atoms with Crippen molar-refractivity contribution in [2.75, 3.05) is 0 Å². The molecule has 1 atom stereocenters. The normalized spacial score (nSPS) is 16.3. The van der Waals surface area contributed by atoms with Crippen molar-refractivity contribution >= 4 is 11.1 Å². The Morgan fingerprint density at radius 2 is 1.24 bits per heavy atom. The van der Waals surface area contributed by atoms with Crippen LogP contribution < -0.4 is 0 Å². The zero-order valence-electron chi connectivity index (χ0n) is 12.7. The highest BCUT2D eigenvalue weighted by Gasteiger charge is 2.30. The molecule has 0 heterocycles. The van der Waals surface area contributed by atoms with E-state index in [1.807, 2.05) is 0 Å². The van der Waals surface area contributed by atoms with E-state index in [9.17, 15) is 0 Å². The van der Waals surface area contributed by atoms with Gasteiger partial charge in [0.25, 0.3) is 0 Å². The first kappa shape index (κ1) is 13.6. The van der Waals surface area contributed by atoms with Gasteiger partial charge in [-0.15, -0.1) is 0 Å². The zero-order valence-corrected chi connectivity index (χ0v) is 12.7. The Hall–Kier alpha value is -2.34. The quantitative estimate of drug-likeness (QED) is 0.681. The molecule has 0 amide bonds. The second kappa shape index (κ2) is 5.21. The van der Waals surface area contributed by atoms with Gasteiger partial charge in [0.1, 0.15) is 0 Å². The van der Waals surface area contributed by atoms with Crippen LogP contribution >= 0.6 is 0 Å². The zero-order chi connectivity index (χ0) is 15.0. The summed E-state index contributed by atoms with van der Waals surface area (Å²) in [5.41, 5.74) is 8.56. The van der Waals surface area contributed by atoms with E-state index in [-0.39, 0.29) is 0 Å². The van der Waals surface area contributed by atoms with Crippen molar-refractivity contribution < 1.29 is 0 Å². The van der Waals surface area contributed by atoms with Crippen LogP contribution in [0.1, 0.15) is 22.3 Å². The lowest BCUT2D eigenvalue weighted by Crippen LogP contribution is -1.91. The summed E-state index contributed by atoms with van der Waals surface area (Å²) in [5, 5.41) is 0. The largest absolute Gasteiger partial charge is 0.0943 e. The molecule has 104 valence electrons. The fourth-order valence-electron chi connectivity index (χ4n) is 2.58. The van der Waals surface area contributed by atoms with Crippen LogP contribution in [0.3, 0.4) is 0 Å². The average Bonchev–Trinajstić information content (AvgIpc) is 3.28. The summed E-state index contributed by atoms with van der Waals surface area (Å²) < 4.78 is 0. The highest BCUT2D eigenvalue weighted by atomic mass is 14.3. The molecule has 1 unspecified atom stereocenters. The monoisotopic (exact) mass is 272 g/mol. The Kier molecular flexibility index (Phi) is 3.39. The van der Waals surface area contributed by atoms with Crippen molar-refractivity contribution in [1.82, 2.24) is 0 Å². The number of benzene rings is 2. The van der Waals surface area contributed by atoms with Gasteiger partial charge in [0.2, 0.25) is 0 Å². The number of rotatable bonds is 4. The minimum Gasteiger partial charge on any atom is -0.0943 e. The van der Waals surface area contributed by atoms with Gasteiger partial charge >= 0.3 is 0 Å². The van der Waals surface area contributed by atoms with E-state index in [4.69, 9.17) is 0 Å². The first-order valence-corrected chi connectivity index (χ1v) is 7.30. The van der Waals surface area contributed by atoms with Gasteiger partial charge in [0.15, 0.2) is 0 Å². The molecule has 0 aliphatic heterocycles. The summed E-state index contributed by atoms with van der Waals surface area (Å²) >= 11 is 0. The topological polar surface area (TPSA) is 0 Å². The van der Waals surface area contributed by atoms with Crippen LogP contribution in [-0.4, -0.2) is 0 Å². The standard InChI is InChI=1S/C21H20/c1-14-5-9-18(10-6-14)16(3)20-13-21(20)17(4)19-11-7-15(2)8-12-19/h5-13,20H,3-4H2,1-2H3. The number of hydrogen-bond donors (Lipinski definition) is 0. The van der Waals surface area contributed by atoms with Gasteiger partial charge in [-0.3, -0.25) is 0 Å². The molecule has 1 aliphatic rings. The third kappa shape index (κ3) is 2.75. The molecule has 21 heavy (non-hydrogen) atoms. The van der Waals surface area contributed by atoms with E-state index in [2.05, 4.69) is 81.6 Å². The molecule has 0 saturated carbocycles. The maximum atomic E-state index is 4.26. The fourth-order valence-corrected chi connectivity index (χ4v) is 2.58. The van der Waals surface area contributed by atoms with E-state index in [1.54, 1.807) is 0 Å². The molecule has 0 nitrogen and oxygen atoms in total. The van der Waals surface area contributed by atoms with Crippen LogP contribution in [0.2, 0.25) is 0 Å². The Morgan fingerprint density at radius 1 is 0.762 bits per heavy atom. The van der Waals surface area contributed by atoms with E-state index in [1.165, 1.54) is 33.4 Å². The molecule has 0 N–H and O–H groups in total. The van der Waals surface area contributed by atoms with Crippen LogP contribution in [0.25, 0.3) is 11.1 Å². The van der Waals surface area contributed by atoms with Crippen molar-refractivity contribution in [2.45, 2.75) is 13.8 Å². The Balaban J connectivity index is 1.72. The molecule has 0 radical (unpaired) electrons. The van der Waals surface area contributed by atoms with Crippen LogP contribution in [0.15, 0.2) is 73.3 Å². The van der Waals surface area contributed by atoms with E-state index in [0.29, 0.717) is 5.92 Å². The average molecular weight is 272 g/mol. The maximum Gasteiger partial charge on any atom is 0.0278 e. The van der Waals surface area contributed by atoms with Crippen molar-refractivity contribution in [1.29, 1.82) is 0 Å². The van der Waals surface area contributed by atoms with Crippen molar-refractivity contribution in [3.05, 3.63) is 95.6 Å². The van der Waals surface area contributed by atoms with Crippen LogP contribution in [-0.2, 0) is 0 Å². The summed E-state index contributed by atoms with van der Waals surface area (Å²) in [4.78, 5) is 0. The summed E-state index contributed by atoms with van der Waals surface area (Å²) in [6, 6.07) is 17.1. The van der Waals surface area contributed by atoms with Gasteiger partial charge in [-0.1, -0.05) is 78.9 Å². The molecule has 0 fully saturated rings. The lowest BCUT2D eigenvalue weighted by atomic mass is 9.95. The SMILES string of the molecule is C=C(C1=CC1C(=C)c1ccc(C)cc1)c1ccc(C)cc1. The molecule has 1 aliphatic carbocycles. The maximum absolute atomic E-state index is 4.26. The minimum absolute atomic E-state index is 0.349. The van der Waals surface area contributed by atoms with Gasteiger partial charge in [0.05, 0.1) is 0 Å². The van der Waals surface area contributed by atoms with Gasteiger partial charge in [0, 0.05) is 5.92 Å². The lowest BCUT2D eigenvalue weighted by molar-refractivity contribution is 1.23. The van der Waals surface area contributed by atoms with Gasteiger partial charge in [-0.25, -0.2) is 0 Å². The molecule has 0 saturated heterocycles. The van der Waals surface area contributed by atoms with Gasteiger partial charge < -0.3 is 0 Å². The third-order valence-electron chi connectivity index (χ3n) is 4.12. The molecule has 2 aromatic carbocycles. The summed E-state index contributed by atoms with van der Waals surface area (Å²) in [6.45, 7) is 12.7. The van der Waals surface area contributed by atoms with Gasteiger partial charge in [-0.05, 0) is 41.7 Å². The smallest absolute Gasteiger partial charge is 0.0278 e. The molecule has 0 heteroatoms. The molecule has 0 spiro atoms. The second-order valence-corrected chi connectivity index (χ2v) is 5.84. The van der Waals surface area contributed by atoms with Crippen molar-refractivity contribution in [2.24, 2.45) is 5.92 Å². The molecular weight excluding hydrogens is 252 g/mol. The molecule has 0 aromatic heterocycles. The van der Waals surface area contributed by atoms with E-state index in [0.717, 1.165) is 5.57 Å². The van der Waals surface area contributed by atoms with Crippen LogP contribution in [0.4, 0.5) is 0 Å². The fraction of sp³-hybridized carbons (Fsp3) is 0.143. The highest BCUT2D eigenvalue weighted by Crippen LogP contribution is 2.46. The molecule has 2 aromatic rings. The van der Waals surface area contributed by atoms with E-state index < -0.39 is 0 Å². The predicted molar refractivity (Wildman–Crippen MR) is 92.0 cm³/mol. The predicted octanol–water partition coefficient (Wildman–Crippen LogP) is 5.59. The van der Waals surface area contributed by atoms with E-state index >= 15 is 0 Å². The summed E-state index contributed by atoms with van der Waals surface area (Å²) in [5.74, 6) is 0.349. The van der Waals surface area contributed by atoms with Gasteiger partial charge in [-0.2, -0.15) is 0 Å². The summed E-state index contributed by atoms with van der Waals surface area (Å²) in [7, 11) is 0. The molecule has 3 rings (SSSR count).